The van der Waals surface area contributed by atoms with E-state index in [1.54, 1.807) is 6.92 Å². The van der Waals surface area contributed by atoms with Gasteiger partial charge in [-0.15, -0.1) is 0 Å². The van der Waals surface area contributed by atoms with Crippen molar-refractivity contribution in [1.29, 1.82) is 0 Å². The Bertz CT molecular complexity index is 1890. The summed E-state index contributed by atoms with van der Waals surface area (Å²) in [6.45, 7) is 16.6. The summed E-state index contributed by atoms with van der Waals surface area (Å²) in [4.78, 5) is 66.7. The molecule has 2 aromatic rings. The Hall–Kier alpha value is -3.95. The quantitative estimate of drug-likeness (QED) is 0.0494. The maximum Gasteiger partial charge on any atom is 0.461 e. The molecule has 2 bridgehead atoms. The van der Waals surface area contributed by atoms with E-state index in [0.29, 0.717) is 50.7 Å². The van der Waals surface area contributed by atoms with Crippen LogP contribution in [0.5, 0.6) is 0 Å². The maximum atomic E-state index is 13.8. The van der Waals surface area contributed by atoms with Crippen molar-refractivity contribution in [2.75, 3.05) is 13.1 Å². The largest absolute Gasteiger partial charge is 0.461 e. The number of rotatable bonds is 26. The lowest BCUT2D eigenvalue weighted by molar-refractivity contribution is -0.199. The third-order valence-electron chi connectivity index (χ3n) is 14.4. The maximum absolute atomic E-state index is 13.8. The number of carbonyl (C=O) groups is 5. The van der Waals surface area contributed by atoms with E-state index < -0.39 is 66.4 Å². The van der Waals surface area contributed by atoms with E-state index in [1.807, 2.05) is 6.92 Å². The van der Waals surface area contributed by atoms with Crippen molar-refractivity contribution < 1.29 is 38.4 Å². The summed E-state index contributed by atoms with van der Waals surface area (Å²) in [5, 5.41) is 22.2. The van der Waals surface area contributed by atoms with E-state index >= 15 is 0 Å². The minimum absolute atomic E-state index is 0.00193. The molecule has 1 aliphatic heterocycles. The van der Waals surface area contributed by atoms with Gasteiger partial charge in [0.2, 0.25) is 17.7 Å². The van der Waals surface area contributed by atoms with Gasteiger partial charge in [0.25, 0.3) is 0 Å². The minimum atomic E-state index is -1.32. The molecule has 13 nitrogen and oxygen atoms in total. The number of nitrogens with two attached hydrogens (primary N) is 1. The van der Waals surface area contributed by atoms with Gasteiger partial charge in [0.05, 0.1) is 23.9 Å². The fourth-order valence-electron chi connectivity index (χ4n) is 10.1. The van der Waals surface area contributed by atoms with Gasteiger partial charge >= 0.3 is 7.12 Å². The van der Waals surface area contributed by atoms with Crippen LogP contribution in [-0.4, -0.2) is 90.5 Å². The second-order valence-electron chi connectivity index (χ2n) is 19.8. The van der Waals surface area contributed by atoms with Crippen LogP contribution in [0.2, 0.25) is 5.82 Å². The molecule has 6 rings (SSSR count). The van der Waals surface area contributed by atoms with Gasteiger partial charge in [0.15, 0.2) is 11.6 Å². The zero-order chi connectivity index (χ0) is 46.8. The van der Waals surface area contributed by atoms with Gasteiger partial charge in [-0.25, -0.2) is 0 Å². The van der Waals surface area contributed by atoms with Gasteiger partial charge < -0.3 is 41.4 Å². The Labute approximate surface area is 382 Å². The Balaban J connectivity index is 1.10. The number of aliphatic hydroxyl groups is 1. The molecule has 352 valence electrons. The molecule has 3 aliphatic carbocycles. The summed E-state index contributed by atoms with van der Waals surface area (Å²) < 4.78 is 13.1. The lowest BCUT2D eigenvalue weighted by Crippen LogP contribution is -2.65. The van der Waals surface area contributed by atoms with Crippen molar-refractivity contribution in [3.05, 3.63) is 59.7 Å². The Morgan fingerprint density at radius 3 is 2.06 bits per heavy atom. The lowest BCUT2D eigenvalue weighted by atomic mass is 9.43. The second kappa shape index (κ2) is 23.0. The van der Waals surface area contributed by atoms with E-state index in [-0.39, 0.29) is 42.4 Å². The average molecular weight is 886 g/mol. The normalized spacial score (nSPS) is 23.7. The van der Waals surface area contributed by atoms with Crippen LogP contribution in [0.15, 0.2) is 48.5 Å². The van der Waals surface area contributed by atoms with Crippen LogP contribution in [0.25, 0.3) is 11.1 Å². The highest BCUT2D eigenvalue weighted by Gasteiger charge is 2.68. The van der Waals surface area contributed by atoms with Crippen LogP contribution in [0.1, 0.15) is 131 Å². The summed E-state index contributed by atoms with van der Waals surface area (Å²) >= 11 is 0. The smallest absolute Gasteiger partial charge is 0.405 e. The number of amides is 3. The third kappa shape index (κ3) is 12.9. The summed E-state index contributed by atoms with van der Waals surface area (Å²) in [6.07, 6.45) is 6.02. The van der Waals surface area contributed by atoms with Crippen molar-refractivity contribution in [3.63, 3.8) is 0 Å². The Morgan fingerprint density at radius 2 is 1.47 bits per heavy atom. The van der Waals surface area contributed by atoms with Gasteiger partial charge in [-0.3, -0.25) is 24.0 Å². The van der Waals surface area contributed by atoms with E-state index in [0.717, 1.165) is 36.0 Å². The molecule has 3 saturated carbocycles. The first-order chi connectivity index (χ1) is 30.4. The van der Waals surface area contributed by atoms with Gasteiger partial charge in [0.1, 0.15) is 12.1 Å². The number of nitrogens with one attached hydrogen (secondary N) is 4. The van der Waals surface area contributed by atoms with Crippen molar-refractivity contribution in [3.8, 4) is 11.1 Å². The highest BCUT2D eigenvalue weighted by Crippen LogP contribution is 2.66. The van der Waals surface area contributed by atoms with Crippen LogP contribution in [0.3, 0.4) is 0 Å². The standard InChI is InChI=1S/C50H76BN5O8/c1-9-10-13-35-15-19-37(20-16-35)38-21-17-36(18-22-38)30-53-25-23-41(54-34(5)58)48(62)56-46(33(4)57)43(60)26-31(2)47(61)55-40(14-11-12-24-52)42(59)27-32(3)51-63-45-29-39-28-44(49(39,6)7)50(45,8)64-51/h15-22,31-33,39-41,44-46,53,57H,9-14,23-30,52H2,1-8H3,(H,54,58)(H,55,61)(H,56,62)/t31-,32-,33-,39+,40+,41+,44+,45?,46+,50+/m1/s1. The molecule has 2 aromatic carbocycles. The second-order valence-corrected chi connectivity index (χ2v) is 19.8. The SMILES string of the molecule is CCCCc1ccc(-c2ccc(CNCC[C@H](NC(C)=O)C(=O)N[C@H](C(=O)C[C@@H](C)C(=O)N[C@@H](CCCCN)C(=O)C[C@@H](C)B3OC4C[C@@H]5C[C@@H](C5(C)C)[C@]4(C)O3)[C@@H](C)O)cc2)cc1. The van der Waals surface area contributed by atoms with Gasteiger partial charge in [-0.1, -0.05) is 89.6 Å². The lowest BCUT2D eigenvalue weighted by Gasteiger charge is -2.64. The topological polar surface area (TPSA) is 198 Å². The number of benzene rings is 2. The van der Waals surface area contributed by atoms with Crippen LogP contribution >= 0.6 is 0 Å². The van der Waals surface area contributed by atoms with Crippen LogP contribution in [-0.2, 0) is 46.2 Å². The van der Waals surface area contributed by atoms with Crippen LogP contribution in [0, 0.1) is 23.2 Å². The molecule has 0 spiro atoms. The zero-order valence-electron chi connectivity index (χ0n) is 39.7. The van der Waals surface area contributed by atoms with Gasteiger partial charge in [-0.05, 0) is 124 Å². The highest BCUT2D eigenvalue weighted by molar-refractivity contribution is 6.47. The van der Waals surface area contributed by atoms with Gasteiger partial charge in [-0.2, -0.15) is 0 Å². The van der Waals surface area contributed by atoms with Crippen molar-refractivity contribution in [2.45, 2.75) is 174 Å². The third-order valence-corrected chi connectivity index (χ3v) is 14.4. The molecule has 14 heteroatoms. The fraction of sp³-hybridized carbons (Fsp3) is 0.660. The molecule has 0 aromatic heterocycles. The zero-order valence-corrected chi connectivity index (χ0v) is 39.7. The van der Waals surface area contributed by atoms with Crippen molar-refractivity contribution in [1.82, 2.24) is 21.3 Å². The summed E-state index contributed by atoms with van der Waals surface area (Å²) in [6, 6.07) is 13.9. The number of hydrogen-bond acceptors (Lipinski definition) is 10. The predicted octanol–water partition coefficient (Wildman–Crippen LogP) is 5.83. The monoisotopic (exact) mass is 886 g/mol. The van der Waals surface area contributed by atoms with Crippen molar-refractivity contribution in [2.24, 2.45) is 28.9 Å². The number of ketones is 2. The molecule has 4 fully saturated rings. The van der Waals surface area contributed by atoms with E-state index in [2.05, 4.69) is 97.5 Å². The van der Waals surface area contributed by atoms with E-state index in [4.69, 9.17) is 15.0 Å². The Kier molecular flexibility index (Phi) is 18.3. The number of aliphatic hydroxyl groups excluding tert-OH is 1. The number of aryl methyl sites for hydroxylation is 1. The summed E-state index contributed by atoms with van der Waals surface area (Å²) in [5.41, 5.74) is 10.2. The molecule has 7 N–H and O–H groups in total. The molecule has 1 heterocycles. The minimum Gasteiger partial charge on any atom is -0.405 e. The average Bonchev–Trinajstić information content (AvgIpc) is 3.63. The number of Topliss-reactive ketones (excluding diaryl/α,β-unsaturated/α-hetero) is 2. The predicted molar refractivity (Wildman–Crippen MR) is 251 cm³/mol. The van der Waals surface area contributed by atoms with Crippen LogP contribution < -0.4 is 27.0 Å². The van der Waals surface area contributed by atoms with Gasteiger partial charge in [0, 0.05) is 32.2 Å². The molecular weight excluding hydrogens is 809 g/mol. The van der Waals surface area contributed by atoms with E-state index in [9.17, 15) is 29.1 Å². The first-order valence-corrected chi connectivity index (χ1v) is 23.9. The number of unbranched alkanes of at least 4 members (excludes halogenated alkanes) is 2. The van der Waals surface area contributed by atoms with E-state index in [1.165, 1.54) is 32.3 Å². The molecule has 1 unspecified atom stereocenters. The first-order valence-electron chi connectivity index (χ1n) is 23.9. The number of carbonyl (C=O) groups excluding carboxylic acids is 5. The molecule has 3 amide bonds. The summed E-state index contributed by atoms with van der Waals surface area (Å²) in [7, 11) is -0.521. The van der Waals surface area contributed by atoms with Crippen molar-refractivity contribution >= 4 is 36.4 Å². The molecule has 10 atom stereocenters. The molecular formula is C50H76BN5O8. The number of hydrogen-bond donors (Lipinski definition) is 6. The molecule has 1 saturated heterocycles. The molecule has 0 radical (unpaired) electrons. The van der Waals surface area contributed by atoms with Crippen LogP contribution in [0.4, 0.5) is 0 Å². The fourth-order valence-corrected chi connectivity index (χ4v) is 10.1. The summed E-state index contributed by atoms with van der Waals surface area (Å²) in [5.74, 6) is -2.31. The Morgan fingerprint density at radius 1 is 0.812 bits per heavy atom. The molecule has 64 heavy (non-hydrogen) atoms. The molecule has 4 aliphatic rings. The first kappa shape index (κ1) is 51.0. The highest BCUT2D eigenvalue weighted by atomic mass is 16.7.